The lowest BCUT2D eigenvalue weighted by molar-refractivity contribution is -0.137. The van der Waals surface area contributed by atoms with E-state index in [2.05, 4.69) is 4.98 Å². The summed E-state index contributed by atoms with van der Waals surface area (Å²) < 4.78 is 44.2. The van der Waals surface area contributed by atoms with Gasteiger partial charge in [0.15, 0.2) is 0 Å². The van der Waals surface area contributed by atoms with Gasteiger partial charge in [-0.3, -0.25) is 9.59 Å². The third-order valence-corrected chi connectivity index (χ3v) is 4.87. The summed E-state index contributed by atoms with van der Waals surface area (Å²) in [6, 6.07) is 9.54. The average molecular weight is 388 g/mol. The predicted octanol–water partition coefficient (Wildman–Crippen LogP) is 4.24. The lowest BCUT2D eigenvalue weighted by Crippen LogP contribution is -2.30. The molecule has 5 nitrogen and oxygen atoms in total. The molecule has 28 heavy (non-hydrogen) atoms. The van der Waals surface area contributed by atoms with Crippen molar-refractivity contribution in [2.75, 3.05) is 12.0 Å². The van der Waals surface area contributed by atoms with Gasteiger partial charge in [0.25, 0.3) is 0 Å². The van der Waals surface area contributed by atoms with Gasteiger partial charge in [-0.25, -0.2) is 4.90 Å². The summed E-state index contributed by atoms with van der Waals surface area (Å²) >= 11 is 0. The van der Waals surface area contributed by atoms with Crippen LogP contribution >= 0.6 is 0 Å². The Hall–Kier alpha value is -3.29. The molecule has 0 aliphatic carbocycles. The minimum absolute atomic E-state index is 0.0789. The van der Waals surface area contributed by atoms with Gasteiger partial charge in [0.2, 0.25) is 11.8 Å². The largest absolute Gasteiger partial charge is 0.497 e. The highest BCUT2D eigenvalue weighted by atomic mass is 19.4. The number of aromatic nitrogens is 1. The van der Waals surface area contributed by atoms with Crippen LogP contribution in [-0.4, -0.2) is 23.9 Å². The molecule has 0 radical (unpaired) electrons. The lowest BCUT2D eigenvalue weighted by Gasteiger charge is -2.17. The van der Waals surface area contributed by atoms with Crippen LogP contribution in [0.3, 0.4) is 0 Å². The number of alkyl halides is 3. The van der Waals surface area contributed by atoms with Crippen LogP contribution in [0.4, 0.5) is 18.9 Å². The van der Waals surface area contributed by atoms with Crippen LogP contribution in [0.15, 0.2) is 48.7 Å². The molecule has 3 aromatic rings. The van der Waals surface area contributed by atoms with Crippen molar-refractivity contribution in [3.8, 4) is 5.75 Å². The Kier molecular flexibility index (Phi) is 4.14. The number of H-pyrrole nitrogens is 1. The number of ether oxygens (including phenoxy) is 1. The summed E-state index contributed by atoms with van der Waals surface area (Å²) in [5, 5.41) is 0.733. The van der Waals surface area contributed by atoms with Crippen LogP contribution in [0, 0.1) is 0 Å². The Morgan fingerprint density at radius 1 is 1.14 bits per heavy atom. The molecular formula is C20H15F3N2O3. The van der Waals surface area contributed by atoms with Gasteiger partial charge in [0.05, 0.1) is 24.3 Å². The van der Waals surface area contributed by atoms with E-state index in [-0.39, 0.29) is 12.1 Å². The molecule has 2 aromatic carbocycles. The number of benzene rings is 2. The summed E-state index contributed by atoms with van der Waals surface area (Å²) in [7, 11) is 1.52. The number of imide groups is 1. The van der Waals surface area contributed by atoms with Gasteiger partial charge in [0.1, 0.15) is 5.75 Å². The van der Waals surface area contributed by atoms with E-state index in [1.165, 1.54) is 19.2 Å². The highest BCUT2D eigenvalue weighted by Crippen LogP contribution is 2.39. The number of hydrogen-bond donors (Lipinski definition) is 1. The van der Waals surface area contributed by atoms with Gasteiger partial charge in [-0.1, -0.05) is 6.07 Å². The van der Waals surface area contributed by atoms with E-state index in [1.807, 2.05) is 0 Å². The molecule has 0 saturated carbocycles. The molecule has 0 unspecified atom stereocenters. The SMILES string of the molecule is COc1ccc2[nH]cc([C@@H]3CC(=O)N(c4cccc(C(F)(F)F)c4)C3=O)c2c1. The summed E-state index contributed by atoms with van der Waals surface area (Å²) in [4.78, 5) is 29.3. The smallest absolute Gasteiger partial charge is 0.416 e. The molecule has 144 valence electrons. The first kappa shape index (κ1) is 18.1. The van der Waals surface area contributed by atoms with Gasteiger partial charge in [-0.05, 0) is 42.0 Å². The minimum Gasteiger partial charge on any atom is -0.497 e. The standard InChI is InChI=1S/C20H15F3N2O3/c1-28-13-5-6-17-14(8-13)16(10-24-17)15-9-18(26)25(19(15)27)12-4-2-3-11(7-12)20(21,22)23/h2-8,10,15,24H,9H2,1H3/t15-/m0/s1. The zero-order valence-corrected chi connectivity index (χ0v) is 14.7. The van der Waals surface area contributed by atoms with Crippen LogP contribution in [-0.2, 0) is 15.8 Å². The Bertz CT molecular complexity index is 1090. The Morgan fingerprint density at radius 3 is 2.64 bits per heavy atom. The maximum atomic E-state index is 13.0. The second-order valence-corrected chi connectivity index (χ2v) is 6.53. The van der Waals surface area contributed by atoms with Crippen molar-refractivity contribution in [2.24, 2.45) is 0 Å². The van der Waals surface area contributed by atoms with Crippen molar-refractivity contribution in [1.82, 2.24) is 4.98 Å². The van der Waals surface area contributed by atoms with Gasteiger partial charge >= 0.3 is 6.18 Å². The van der Waals surface area contributed by atoms with E-state index < -0.39 is 29.5 Å². The minimum atomic E-state index is -4.56. The molecule has 0 bridgehead atoms. The summed E-state index contributed by atoms with van der Waals surface area (Å²) in [6.07, 6.45) is -3.02. The second-order valence-electron chi connectivity index (χ2n) is 6.53. The first-order chi connectivity index (χ1) is 13.3. The van der Waals surface area contributed by atoms with Crippen molar-refractivity contribution in [3.05, 3.63) is 59.8 Å². The molecule has 4 rings (SSSR count). The zero-order chi connectivity index (χ0) is 20.1. The van der Waals surface area contributed by atoms with Gasteiger partial charge in [-0.2, -0.15) is 13.2 Å². The van der Waals surface area contributed by atoms with E-state index in [0.29, 0.717) is 11.3 Å². The molecule has 1 saturated heterocycles. The fourth-order valence-electron chi connectivity index (χ4n) is 3.50. The number of carbonyl (C=O) groups excluding carboxylic acids is 2. The maximum Gasteiger partial charge on any atom is 0.416 e. The maximum absolute atomic E-state index is 13.0. The summed E-state index contributed by atoms with van der Waals surface area (Å²) in [6.45, 7) is 0. The lowest BCUT2D eigenvalue weighted by atomic mass is 9.97. The highest BCUT2D eigenvalue weighted by Gasteiger charge is 2.42. The van der Waals surface area contributed by atoms with Crippen molar-refractivity contribution in [2.45, 2.75) is 18.5 Å². The molecule has 1 atom stereocenters. The third-order valence-electron chi connectivity index (χ3n) is 4.87. The fourth-order valence-corrected chi connectivity index (χ4v) is 3.50. The summed E-state index contributed by atoms with van der Waals surface area (Å²) in [5.74, 6) is -1.26. The van der Waals surface area contributed by atoms with E-state index >= 15 is 0 Å². The van der Waals surface area contributed by atoms with Crippen LogP contribution in [0.1, 0.15) is 23.5 Å². The quantitative estimate of drug-likeness (QED) is 0.683. The van der Waals surface area contributed by atoms with Crippen LogP contribution < -0.4 is 9.64 Å². The molecule has 2 heterocycles. The van der Waals surface area contributed by atoms with E-state index in [4.69, 9.17) is 4.74 Å². The summed E-state index contributed by atoms with van der Waals surface area (Å²) in [5.41, 5.74) is 0.394. The number of anilines is 1. The van der Waals surface area contributed by atoms with Gasteiger partial charge in [-0.15, -0.1) is 0 Å². The number of carbonyl (C=O) groups is 2. The van der Waals surface area contributed by atoms with E-state index in [9.17, 15) is 22.8 Å². The van der Waals surface area contributed by atoms with Crippen molar-refractivity contribution < 1.29 is 27.5 Å². The fraction of sp³-hybridized carbons (Fsp3) is 0.200. The van der Waals surface area contributed by atoms with E-state index in [1.54, 1.807) is 24.4 Å². The normalized spacial score (nSPS) is 17.6. The van der Waals surface area contributed by atoms with Crippen molar-refractivity contribution in [1.29, 1.82) is 0 Å². The van der Waals surface area contributed by atoms with Gasteiger partial charge < -0.3 is 9.72 Å². The Balaban J connectivity index is 1.73. The Morgan fingerprint density at radius 2 is 1.93 bits per heavy atom. The molecule has 1 aliphatic heterocycles. The molecule has 1 aliphatic rings. The average Bonchev–Trinajstić information content (AvgIpc) is 3.20. The highest BCUT2D eigenvalue weighted by molar-refractivity contribution is 6.23. The van der Waals surface area contributed by atoms with Crippen LogP contribution in [0.25, 0.3) is 10.9 Å². The number of amides is 2. The number of hydrogen-bond acceptors (Lipinski definition) is 3. The van der Waals surface area contributed by atoms with Crippen LogP contribution in [0.2, 0.25) is 0 Å². The molecule has 0 spiro atoms. The monoisotopic (exact) mass is 388 g/mol. The molecule has 8 heteroatoms. The topological polar surface area (TPSA) is 62.4 Å². The number of fused-ring (bicyclic) bond motifs is 1. The number of nitrogens with zero attached hydrogens (tertiary/aromatic N) is 1. The predicted molar refractivity (Wildman–Crippen MR) is 96.1 cm³/mol. The number of rotatable bonds is 3. The molecule has 1 fully saturated rings. The van der Waals surface area contributed by atoms with E-state index in [0.717, 1.165) is 27.9 Å². The molecular weight excluding hydrogens is 373 g/mol. The molecule has 1 N–H and O–H groups in total. The first-order valence-electron chi connectivity index (χ1n) is 8.48. The number of nitrogens with one attached hydrogen (secondary N) is 1. The molecule has 2 amide bonds. The Labute approximate surface area is 157 Å². The second kappa shape index (κ2) is 6.40. The van der Waals surface area contributed by atoms with Gasteiger partial charge in [0, 0.05) is 23.5 Å². The number of methoxy groups -OCH3 is 1. The zero-order valence-electron chi connectivity index (χ0n) is 14.7. The number of aromatic amines is 1. The molecule has 1 aromatic heterocycles. The number of halogens is 3. The van der Waals surface area contributed by atoms with Crippen molar-refractivity contribution >= 4 is 28.4 Å². The third kappa shape index (κ3) is 2.90. The van der Waals surface area contributed by atoms with Crippen molar-refractivity contribution in [3.63, 3.8) is 0 Å². The first-order valence-corrected chi connectivity index (χ1v) is 8.48. The van der Waals surface area contributed by atoms with Crippen LogP contribution in [0.5, 0.6) is 5.75 Å².